The molecule has 3 N–H and O–H groups in total. The number of aliphatic hydroxyl groups excluding tert-OH is 1. The Balaban J connectivity index is -0.0000192. The van der Waals surface area contributed by atoms with Gasteiger partial charge in [0.05, 0.1) is 54.9 Å². The van der Waals surface area contributed by atoms with Gasteiger partial charge in [0.1, 0.15) is 25.0 Å². The molecule has 2 amide bonds. The molecule has 2 unspecified atom stereocenters. The number of aliphatic hydroxyl groups is 1. The van der Waals surface area contributed by atoms with E-state index in [1.807, 2.05) is 27.2 Å². The van der Waals surface area contributed by atoms with E-state index in [4.69, 9.17) is 9.47 Å². The van der Waals surface area contributed by atoms with Gasteiger partial charge in [-0.25, -0.2) is 0 Å². The zero-order valence-corrected chi connectivity index (χ0v) is 44.0. The van der Waals surface area contributed by atoms with Crippen LogP contribution in [0.2, 0.25) is 0 Å². The Hall–Kier alpha value is -2.25. The molecule has 384 valence electrons. The number of rotatable bonds is 44. The standard InChI is InChI=1S/C51H96N4O8.2ClH/c1-8-9-24-35-47(63-51(61)39-30-38-50(60)62-44-43-55(5,6)7)46(57)34-25-20-16-12-13-17-21-26-36-48(58)52-40-27-22-18-14-10-11-15-19-23-28-41-53-49(59)37-29-32-45(56)33-31-42-54(2,3)4;;/h20,25,46-47,57H,8-19,21-24,26-44H2,1-7H3;2*1H/b25-20-;;. The molecule has 0 aromatic carbocycles. The Morgan fingerprint density at radius 1 is 0.523 bits per heavy atom. The molecule has 2 atom stereocenters. The van der Waals surface area contributed by atoms with Crippen molar-refractivity contribution in [3.63, 3.8) is 0 Å². The molecule has 0 aromatic heterocycles. The number of ether oxygens (including phenoxy) is 2. The lowest BCUT2D eigenvalue weighted by molar-refractivity contribution is -0.870. The maximum Gasteiger partial charge on any atom is 0.306 e. The number of allylic oxidation sites excluding steroid dienone is 1. The largest absolute Gasteiger partial charge is 1.00 e. The molecule has 0 rings (SSSR count). The van der Waals surface area contributed by atoms with Gasteiger partial charge < -0.3 is 59.0 Å². The minimum atomic E-state index is -0.754. The Bertz CT molecular complexity index is 1230. The van der Waals surface area contributed by atoms with Crippen molar-refractivity contribution in [2.75, 3.05) is 75.1 Å². The first-order chi connectivity index (χ1) is 30.0. The van der Waals surface area contributed by atoms with E-state index in [1.165, 1.54) is 38.5 Å². The lowest BCUT2D eigenvalue weighted by atomic mass is 10.0. The number of ketones is 1. The molecule has 0 bridgehead atoms. The molecule has 0 saturated carbocycles. The van der Waals surface area contributed by atoms with Gasteiger partial charge in [0, 0.05) is 58.0 Å². The van der Waals surface area contributed by atoms with E-state index in [1.54, 1.807) is 0 Å². The molecule has 0 aromatic rings. The minimum Gasteiger partial charge on any atom is -1.00 e. The van der Waals surface area contributed by atoms with E-state index >= 15 is 0 Å². The summed E-state index contributed by atoms with van der Waals surface area (Å²) in [6.45, 7) is 5.69. The Morgan fingerprint density at radius 3 is 1.55 bits per heavy atom. The fourth-order valence-electron chi connectivity index (χ4n) is 7.24. The van der Waals surface area contributed by atoms with Gasteiger partial charge in [-0.3, -0.25) is 24.0 Å². The highest BCUT2D eigenvalue weighted by molar-refractivity contribution is 5.80. The highest BCUT2D eigenvalue weighted by atomic mass is 35.5. The van der Waals surface area contributed by atoms with Gasteiger partial charge in [0.2, 0.25) is 11.8 Å². The van der Waals surface area contributed by atoms with E-state index in [0.717, 1.165) is 121 Å². The number of nitrogens with zero attached hydrogens (tertiary/aromatic N) is 2. The molecule has 0 spiro atoms. The normalized spacial score (nSPS) is 12.5. The molecule has 14 heteroatoms. The zero-order chi connectivity index (χ0) is 47.0. The van der Waals surface area contributed by atoms with Crippen molar-refractivity contribution in [2.45, 2.75) is 212 Å². The van der Waals surface area contributed by atoms with Crippen molar-refractivity contribution in [2.24, 2.45) is 0 Å². The van der Waals surface area contributed by atoms with Crippen LogP contribution in [0.15, 0.2) is 12.2 Å². The number of likely N-dealkylation sites (N-methyl/N-ethyl adjacent to an activating group) is 1. The highest BCUT2D eigenvalue weighted by Gasteiger charge is 2.22. The van der Waals surface area contributed by atoms with Gasteiger partial charge in [-0.2, -0.15) is 0 Å². The summed E-state index contributed by atoms with van der Waals surface area (Å²) in [4.78, 5) is 60.8. The summed E-state index contributed by atoms with van der Waals surface area (Å²) in [5.74, 6) is -0.181. The second-order valence-electron chi connectivity index (χ2n) is 19.9. The number of unbranched alkanes of at least 4 members (excludes halogenated alkanes) is 16. The average Bonchev–Trinajstić information content (AvgIpc) is 3.20. The molecule has 0 aliphatic heterocycles. The second kappa shape index (κ2) is 44.3. The number of carbonyl (C=O) groups is 5. The summed E-state index contributed by atoms with van der Waals surface area (Å²) in [5.41, 5.74) is 0. The Kier molecular flexibility index (Phi) is 45.6. The summed E-state index contributed by atoms with van der Waals surface area (Å²) < 4.78 is 12.5. The predicted octanol–water partition coefficient (Wildman–Crippen LogP) is 3.30. The first kappa shape index (κ1) is 67.0. The minimum absolute atomic E-state index is 0. The lowest BCUT2D eigenvalue weighted by Crippen LogP contribution is -3.00. The van der Waals surface area contributed by atoms with Gasteiger partial charge in [-0.1, -0.05) is 103 Å². The number of Topliss-reactive ketones (excluding diaryl/α,β-unsaturated/α-hetero) is 1. The summed E-state index contributed by atoms with van der Waals surface area (Å²) >= 11 is 0. The van der Waals surface area contributed by atoms with Crippen LogP contribution in [-0.2, 0) is 33.4 Å². The topological polar surface area (TPSA) is 148 Å². The number of esters is 2. The van der Waals surface area contributed by atoms with Crippen LogP contribution in [0, 0.1) is 0 Å². The average molecular weight is 966 g/mol. The molecule has 0 heterocycles. The number of nitrogens with one attached hydrogen (secondary N) is 2. The maximum absolute atomic E-state index is 12.5. The molecule has 0 aliphatic carbocycles. The molecule has 12 nitrogen and oxygen atoms in total. The van der Waals surface area contributed by atoms with Gasteiger partial charge >= 0.3 is 11.9 Å². The summed E-state index contributed by atoms with van der Waals surface area (Å²) in [6.07, 6.45) is 29.2. The first-order valence-corrected chi connectivity index (χ1v) is 25.4. The number of amides is 2. The monoisotopic (exact) mass is 965 g/mol. The van der Waals surface area contributed by atoms with Crippen molar-refractivity contribution in [1.29, 1.82) is 0 Å². The SMILES string of the molecule is CCCCCC(OC(=O)CCCC(=O)OCC[N+](C)(C)C)C(O)C/C=C\CCCCCCCC(=O)NCCCCCCCCCCCCNC(=O)CCCC(=O)CCC[N+](C)(C)C.[Cl-].[Cl-]. The zero-order valence-electron chi connectivity index (χ0n) is 42.5. The van der Waals surface area contributed by atoms with Crippen LogP contribution < -0.4 is 35.4 Å². The number of hydrogen-bond donors (Lipinski definition) is 3. The highest BCUT2D eigenvalue weighted by Crippen LogP contribution is 2.17. The van der Waals surface area contributed by atoms with E-state index in [9.17, 15) is 29.1 Å². The maximum atomic E-state index is 12.5. The lowest BCUT2D eigenvalue weighted by Gasteiger charge is -2.23. The molecule has 0 fully saturated rings. The number of quaternary nitrogens is 2. The van der Waals surface area contributed by atoms with Gasteiger partial charge in [-0.15, -0.1) is 0 Å². The van der Waals surface area contributed by atoms with Crippen molar-refractivity contribution < 1.29 is 72.3 Å². The van der Waals surface area contributed by atoms with Gasteiger partial charge in [0.25, 0.3) is 0 Å². The summed E-state index contributed by atoms with van der Waals surface area (Å²) in [6, 6.07) is 0. The van der Waals surface area contributed by atoms with Gasteiger partial charge in [0.15, 0.2) is 0 Å². The van der Waals surface area contributed by atoms with Crippen LogP contribution in [0.25, 0.3) is 0 Å². The van der Waals surface area contributed by atoms with Crippen molar-refractivity contribution in [1.82, 2.24) is 10.6 Å². The smallest absolute Gasteiger partial charge is 0.306 e. The number of halogens is 2. The number of hydrogen-bond acceptors (Lipinski definition) is 8. The Labute approximate surface area is 409 Å². The van der Waals surface area contributed by atoms with Crippen LogP contribution in [0.4, 0.5) is 0 Å². The van der Waals surface area contributed by atoms with Crippen LogP contribution in [0.1, 0.15) is 200 Å². The molecule has 0 saturated heterocycles. The molecule has 0 radical (unpaired) electrons. The number of carbonyl (C=O) groups excluding carboxylic acids is 5. The first-order valence-electron chi connectivity index (χ1n) is 25.4. The van der Waals surface area contributed by atoms with Crippen LogP contribution in [0.3, 0.4) is 0 Å². The quantitative estimate of drug-likeness (QED) is 0.0365. The van der Waals surface area contributed by atoms with Crippen molar-refractivity contribution >= 4 is 29.5 Å². The van der Waals surface area contributed by atoms with Gasteiger partial charge in [-0.05, 0) is 64.2 Å². The third-order valence-corrected chi connectivity index (χ3v) is 11.3. The van der Waals surface area contributed by atoms with Crippen molar-refractivity contribution in [3.05, 3.63) is 12.2 Å². The molecular weight excluding hydrogens is 867 g/mol. The van der Waals surface area contributed by atoms with Crippen LogP contribution >= 0.6 is 0 Å². The summed E-state index contributed by atoms with van der Waals surface area (Å²) in [5, 5.41) is 16.9. The molecular formula is C51H98Cl2N4O8. The third-order valence-electron chi connectivity index (χ3n) is 11.3. The Morgan fingerprint density at radius 2 is 1.00 bits per heavy atom. The third kappa shape index (κ3) is 49.5. The summed E-state index contributed by atoms with van der Waals surface area (Å²) in [7, 11) is 12.5. The van der Waals surface area contributed by atoms with E-state index < -0.39 is 12.2 Å². The van der Waals surface area contributed by atoms with Crippen LogP contribution in [-0.4, -0.2) is 131 Å². The van der Waals surface area contributed by atoms with E-state index in [-0.39, 0.29) is 67.2 Å². The predicted molar refractivity (Wildman–Crippen MR) is 257 cm³/mol. The van der Waals surface area contributed by atoms with E-state index in [0.29, 0.717) is 62.5 Å². The van der Waals surface area contributed by atoms with Crippen molar-refractivity contribution in [3.8, 4) is 0 Å². The second-order valence-corrected chi connectivity index (χ2v) is 19.9. The van der Waals surface area contributed by atoms with E-state index in [2.05, 4.69) is 44.8 Å². The van der Waals surface area contributed by atoms with Crippen LogP contribution in [0.5, 0.6) is 0 Å². The molecule has 65 heavy (non-hydrogen) atoms. The fourth-order valence-corrected chi connectivity index (χ4v) is 7.24. The fraction of sp³-hybridized carbons (Fsp3) is 0.863. The molecule has 0 aliphatic rings.